The Labute approximate surface area is 177 Å². The Morgan fingerprint density at radius 3 is 2.73 bits per heavy atom. The summed E-state index contributed by atoms with van der Waals surface area (Å²) < 4.78 is 6.12. The van der Waals surface area contributed by atoms with Crippen LogP contribution in [-0.2, 0) is 4.79 Å². The number of carbonyl (C=O) groups excluding carboxylic acids is 2. The summed E-state index contributed by atoms with van der Waals surface area (Å²) in [4.78, 5) is 37.2. The van der Waals surface area contributed by atoms with E-state index in [0.717, 1.165) is 21.8 Å². The van der Waals surface area contributed by atoms with Crippen molar-refractivity contribution in [2.45, 2.75) is 0 Å². The van der Waals surface area contributed by atoms with E-state index >= 15 is 0 Å². The summed E-state index contributed by atoms with van der Waals surface area (Å²) in [7, 11) is 1.60. The highest BCUT2D eigenvalue weighted by Crippen LogP contribution is 2.29. The number of carbonyl (C=O) groups is 2. The van der Waals surface area contributed by atoms with Crippen molar-refractivity contribution in [3.63, 3.8) is 0 Å². The number of urea groups is 1. The van der Waals surface area contributed by atoms with E-state index in [1.807, 2.05) is 36.4 Å². The standard InChI is InChI=1S/C20H22N6O3S/c1-29-14-5-6-15-16(12-14)30-19(23-15)24-18(27)13-22-20(28)26-10-8-25(9-11-26)17-4-2-3-7-21-17/h2-7,12H,8-11,13H2,1H3,(H,22,28)(H,23,24,27). The van der Waals surface area contributed by atoms with Crippen LogP contribution < -0.4 is 20.3 Å². The van der Waals surface area contributed by atoms with Gasteiger partial charge in [0.2, 0.25) is 5.91 Å². The average Bonchev–Trinajstić information content (AvgIpc) is 3.19. The highest BCUT2D eigenvalue weighted by molar-refractivity contribution is 7.22. The molecule has 10 heteroatoms. The van der Waals surface area contributed by atoms with Crippen molar-refractivity contribution in [3.05, 3.63) is 42.6 Å². The Balaban J connectivity index is 1.24. The molecule has 3 aromatic rings. The quantitative estimate of drug-likeness (QED) is 0.649. The molecule has 0 radical (unpaired) electrons. The number of fused-ring (bicyclic) bond motifs is 1. The first-order chi connectivity index (χ1) is 14.6. The van der Waals surface area contributed by atoms with Crippen molar-refractivity contribution < 1.29 is 14.3 Å². The topological polar surface area (TPSA) is 99.7 Å². The number of aromatic nitrogens is 2. The monoisotopic (exact) mass is 426 g/mol. The van der Waals surface area contributed by atoms with Gasteiger partial charge in [0.05, 0.1) is 23.9 Å². The zero-order valence-electron chi connectivity index (χ0n) is 16.5. The average molecular weight is 427 g/mol. The Morgan fingerprint density at radius 1 is 1.17 bits per heavy atom. The molecule has 156 valence electrons. The van der Waals surface area contributed by atoms with Gasteiger partial charge in [0.1, 0.15) is 11.6 Å². The molecule has 3 amide bonds. The highest BCUT2D eigenvalue weighted by atomic mass is 32.1. The van der Waals surface area contributed by atoms with Gasteiger partial charge in [0.15, 0.2) is 5.13 Å². The summed E-state index contributed by atoms with van der Waals surface area (Å²) in [6.07, 6.45) is 1.76. The smallest absolute Gasteiger partial charge is 0.317 e. The van der Waals surface area contributed by atoms with Crippen LogP contribution in [0.1, 0.15) is 0 Å². The van der Waals surface area contributed by atoms with Crippen molar-refractivity contribution in [3.8, 4) is 5.75 Å². The molecule has 4 rings (SSSR count). The highest BCUT2D eigenvalue weighted by Gasteiger charge is 2.22. The van der Waals surface area contributed by atoms with Crippen LogP contribution in [0.15, 0.2) is 42.6 Å². The van der Waals surface area contributed by atoms with Crippen molar-refractivity contribution in [2.75, 3.05) is 50.1 Å². The van der Waals surface area contributed by atoms with Crippen LogP contribution in [0, 0.1) is 0 Å². The number of hydrogen-bond donors (Lipinski definition) is 2. The van der Waals surface area contributed by atoms with Gasteiger partial charge in [-0.2, -0.15) is 0 Å². The Kier molecular flexibility index (Phi) is 5.94. The first-order valence-corrected chi connectivity index (χ1v) is 10.4. The third-order valence-electron chi connectivity index (χ3n) is 4.78. The zero-order valence-corrected chi connectivity index (χ0v) is 17.3. The molecule has 1 fully saturated rings. The van der Waals surface area contributed by atoms with Crippen LogP contribution in [0.25, 0.3) is 10.2 Å². The lowest BCUT2D eigenvalue weighted by molar-refractivity contribution is -0.115. The number of ether oxygens (including phenoxy) is 1. The molecule has 0 bridgehead atoms. The molecule has 0 atom stereocenters. The number of anilines is 2. The molecule has 30 heavy (non-hydrogen) atoms. The predicted octanol–water partition coefficient (Wildman–Crippen LogP) is 2.17. The normalized spacial score (nSPS) is 13.9. The number of pyridine rings is 1. The number of thiazole rings is 1. The van der Waals surface area contributed by atoms with Gasteiger partial charge in [-0.3, -0.25) is 4.79 Å². The number of rotatable bonds is 5. The summed E-state index contributed by atoms with van der Waals surface area (Å²) in [5, 5.41) is 5.90. The second kappa shape index (κ2) is 8.95. The SMILES string of the molecule is COc1ccc2nc(NC(=O)CNC(=O)N3CCN(c4ccccn4)CC3)sc2c1. The van der Waals surface area contributed by atoms with E-state index in [1.165, 1.54) is 11.3 Å². The maximum atomic E-state index is 12.4. The van der Waals surface area contributed by atoms with Gasteiger partial charge < -0.3 is 25.2 Å². The number of nitrogens with zero attached hydrogens (tertiary/aromatic N) is 4. The van der Waals surface area contributed by atoms with Gasteiger partial charge in [0, 0.05) is 32.4 Å². The number of amides is 3. The number of benzene rings is 1. The molecule has 0 unspecified atom stereocenters. The van der Waals surface area contributed by atoms with Crippen LogP contribution in [0.4, 0.5) is 15.7 Å². The number of piperazine rings is 1. The van der Waals surface area contributed by atoms with E-state index in [4.69, 9.17) is 4.74 Å². The van der Waals surface area contributed by atoms with Gasteiger partial charge in [-0.25, -0.2) is 14.8 Å². The molecule has 0 aliphatic carbocycles. The fourth-order valence-electron chi connectivity index (χ4n) is 3.20. The lowest BCUT2D eigenvalue weighted by Gasteiger charge is -2.35. The minimum atomic E-state index is -0.318. The van der Waals surface area contributed by atoms with Crippen LogP contribution in [0.2, 0.25) is 0 Å². The van der Waals surface area contributed by atoms with Gasteiger partial charge in [-0.15, -0.1) is 0 Å². The second-order valence-corrected chi connectivity index (χ2v) is 7.75. The Hall–Kier alpha value is -3.40. The molecular formula is C20H22N6O3S. The van der Waals surface area contributed by atoms with E-state index in [1.54, 1.807) is 18.2 Å². The maximum absolute atomic E-state index is 12.4. The molecule has 3 heterocycles. The summed E-state index contributed by atoms with van der Waals surface area (Å²) in [5.74, 6) is 1.33. The number of nitrogens with one attached hydrogen (secondary N) is 2. The molecule has 1 saturated heterocycles. The van der Waals surface area contributed by atoms with Gasteiger partial charge >= 0.3 is 6.03 Å². The lowest BCUT2D eigenvalue weighted by Crippen LogP contribution is -2.52. The lowest BCUT2D eigenvalue weighted by atomic mass is 10.3. The summed E-state index contributed by atoms with van der Waals surface area (Å²) in [6.45, 7) is 2.43. The van der Waals surface area contributed by atoms with E-state index in [9.17, 15) is 9.59 Å². The fourth-order valence-corrected chi connectivity index (χ4v) is 4.11. The summed E-state index contributed by atoms with van der Waals surface area (Å²) >= 11 is 1.36. The largest absolute Gasteiger partial charge is 0.497 e. The van der Waals surface area contributed by atoms with Crippen LogP contribution in [0.3, 0.4) is 0 Å². The van der Waals surface area contributed by atoms with Gasteiger partial charge in [-0.05, 0) is 30.3 Å². The zero-order chi connectivity index (χ0) is 20.9. The van der Waals surface area contributed by atoms with Crippen LogP contribution in [-0.4, -0.2) is 66.6 Å². The molecule has 1 aromatic carbocycles. The van der Waals surface area contributed by atoms with Crippen LogP contribution in [0.5, 0.6) is 5.75 Å². The van der Waals surface area contributed by atoms with Crippen molar-refractivity contribution in [1.82, 2.24) is 20.2 Å². The van der Waals surface area contributed by atoms with E-state index in [-0.39, 0.29) is 18.5 Å². The first kappa shape index (κ1) is 19.9. The third kappa shape index (κ3) is 4.60. The molecule has 2 aromatic heterocycles. The fraction of sp³-hybridized carbons (Fsp3) is 0.300. The first-order valence-electron chi connectivity index (χ1n) is 9.55. The van der Waals surface area contributed by atoms with E-state index in [2.05, 4.69) is 25.5 Å². The van der Waals surface area contributed by atoms with Crippen molar-refractivity contribution >= 4 is 44.4 Å². The number of methoxy groups -OCH3 is 1. The Morgan fingerprint density at radius 2 is 2.00 bits per heavy atom. The van der Waals surface area contributed by atoms with Gasteiger partial charge in [0.25, 0.3) is 0 Å². The van der Waals surface area contributed by atoms with E-state index in [0.29, 0.717) is 31.3 Å². The second-order valence-electron chi connectivity index (χ2n) is 6.72. The summed E-state index contributed by atoms with van der Waals surface area (Å²) in [5.41, 5.74) is 0.783. The predicted molar refractivity (Wildman–Crippen MR) is 116 cm³/mol. The minimum absolute atomic E-state index is 0.113. The van der Waals surface area contributed by atoms with Crippen molar-refractivity contribution in [2.24, 2.45) is 0 Å². The Bertz CT molecular complexity index is 1030. The van der Waals surface area contributed by atoms with Gasteiger partial charge in [-0.1, -0.05) is 17.4 Å². The van der Waals surface area contributed by atoms with Crippen LogP contribution >= 0.6 is 11.3 Å². The molecule has 0 spiro atoms. The number of hydrogen-bond acceptors (Lipinski definition) is 7. The molecule has 0 saturated carbocycles. The van der Waals surface area contributed by atoms with E-state index < -0.39 is 0 Å². The van der Waals surface area contributed by atoms with Crippen molar-refractivity contribution in [1.29, 1.82) is 0 Å². The maximum Gasteiger partial charge on any atom is 0.317 e. The molecule has 2 N–H and O–H groups in total. The molecular weight excluding hydrogens is 404 g/mol. The summed E-state index contributed by atoms with van der Waals surface area (Å²) in [6, 6.07) is 11.1. The minimum Gasteiger partial charge on any atom is -0.497 e. The molecule has 1 aliphatic rings. The third-order valence-corrected chi connectivity index (χ3v) is 5.72. The molecule has 9 nitrogen and oxygen atoms in total. The molecule has 1 aliphatic heterocycles.